The molecule has 0 aliphatic carbocycles. The first-order chi connectivity index (χ1) is 11.5. The number of rotatable bonds is 10. The number of hydroxylamine groups is 2. The third kappa shape index (κ3) is 14.2. The number of hydrogen-bond donors (Lipinski definition) is 1. The van der Waals surface area contributed by atoms with Gasteiger partial charge in [0.05, 0.1) is 6.42 Å². The Kier molecular flexibility index (Phi) is 16.2. The Bertz CT molecular complexity index is 425. The lowest BCUT2D eigenvalue weighted by atomic mass is 10.3. The molecule has 0 saturated carbocycles. The summed E-state index contributed by atoms with van der Waals surface area (Å²) in [4.78, 5) is 66.8. The van der Waals surface area contributed by atoms with Gasteiger partial charge in [-0.3, -0.25) is 19.2 Å². The van der Waals surface area contributed by atoms with Crippen LogP contribution in [0.25, 0.3) is 0 Å². The summed E-state index contributed by atoms with van der Waals surface area (Å²) in [5.74, 6) is -1.50. The maximum absolute atomic E-state index is 11.2. The van der Waals surface area contributed by atoms with E-state index in [2.05, 4.69) is 14.9 Å². The van der Waals surface area contributed by atoms with Crippen LogP contribution in [0.4, 0.5) is 0 Å². The third-order valence-electron chi connectivity index (χ3n) is 2.27. The Morgan fingerprint density at radius 2 is 1.75 bits per heavy atom. The molecule has 10 nitrogen and oxygen atoms in total. The zero-order valence-corrected chi connectivity index (χ0v) is 13.7. The van der Waals surface area contributed by atoms with Crippen LogP contribution in [-0.2, 0) is 38.3 Å². The Morgan fingerprint density at radius 3 is 2.21 bits per heavy atom. The Hall–Kier alpha value is -2.78. The summed E-state index contributed by atoms with van der Waals surface area (Å²) in [6, 6.07) is 0. The maximum atomic E-state index is 11.2. The Morgan fingerprint density at radius 1 is 1.08 bits per heavy atom. The smallest absolute Gasteiger partial charge is 0.336 e. The minimum absolute atomic E-state index is 0.0860. The van der Waals surface area contributed by atoms with E-state index in [1.807, 2.05) is 0 Å². The average Bonchev–Trinajstić information content (AvgIpc) is 2.58. The molecule has 0 rings (SSSR count). The summed E-state index contributed by atoms with van der Waals surface area (Å²) >= 11 is 0. The normalized spacial score (nSPS) is 8.75. The van der Waals surface area contributed by atoms with Gasteiger partial charge >= 0.3 is 5.97 Å². The van der Waals surface area contributed by atoms with Crippen molar-refractivity contribution in [2.45, 2.75) is 39.0 Å². The van der Waals surface area contributed by atoms with Crippen molar-refractivity contribution in [1.29, 1.82) is 0 Å². The number of imide groups is 1. The van der Waals surface area contributed by atoms with Crippen molar-refractivity contribution in [3.8, 4) is 0 Å². The van der Waals surface area contributed by atoms with E-state index in [1.54, 1.807) is 14.0 Å². The van der Waals surface area contributed by atoms with E-state index in [0.717, 1.165) is 6.29 Å². The van der Waals surface area contributed by atoms with Gasteiger partial charge in [-0.1, -0.05) is 6.92 Å². The van der Waals surface area contributed by atoms with Crippen molar-refractivity contribution < 1.29 is 38.3 Å². The van der Waals surface area contributed by atoms with Gasteiger partial charge in [0.15, 0.2) is 0 Å². The molecule has 3 amide bonds. The molecule has 0 spiro atoms. The first-order valence-electron chi connectivity index (χ1n) is 7.14. The molecule has 10 heteroatoms. The Balaban J connectivity index is 0. The number of hydrogen-bond acceptors (Lipinski definition) is 8. The molecule has 0 radical (unpaired) electrons. The number of carbonyl (C=O) groups is 6. The minimum atomic E-state index is -0.821. The molecule has 0 aromatic rings. The molecule has 0 heterocycles. The number of aldehydes is 1. The molecule has 136 valence electrons. The summed E-state index contributed by atoms with van der Waals surface area (Å²) in [6.07, 6.45) is 1.90. The van der Waals surface area contributed by atoms with Gasteiger partial charge < -0.3 is 19.7 Å². The van der Waals surface area contributed by atoms with Gasteiger partial charge in [-0.25, -0.2) is 4.79 Å². The van der Waals surface area contributed by atoms with E-state index in [9.17, 15) is 28.8 Å². The van der Waals surface area contributed by atoms with Crippen LogP contribution in [-0.4, -0.2) is 55.7 Å². The second kappa shape index (κ2) is 16.6. The maximum Gasteiger partial charge on any atom is 0.336 e. The molecule has 1 N–H and O–H groups in total. The lowest BCUT2D eigenvalue weighted by Gasteiger charge is -2.13. The first-order valence-corrected chi connectivity index (χ1v) is 7.14. The van der Waals surface area contributed by atoms with E-state index < -0.39 is 11.9 Å². The summed E-state index contributed by atoms with van der Waals surface area (Å²) < 4.78 is 4.25. The van der Waals surface area contributed by atoms with Crippen molar-refractivity contribution in [2.75, 3.05) is 13.7 Å². The molecule has 24 heavy (non-hydrogen) atoms. The van der Waals surface area contributed by atoms with E-state index in [1.165, 1.54) is 0 Å². The molecule has 0 aliphatic heterocycles. The topological polar surface area (TPSA) is 136 Å². The molecular formula is C14H22N2O8. The monoisotopic (exact) mass is 346 g/mol. The van der Waals surface area contributed by atoms with Crippen LogP contribution >= 0.6 is 0 Å². The van der Waals surface area contributed by atoms with Crippen molar-refractivity contribution in [2.24, 2.45) is 0 Å². The van der Waals surface area contributed by atoms with Gasteiger partial charge in [-0.05, 0) is 6.42 Å². The molecule has 0 unspecified atom stereocenters. The zero-order chi connectivity index (χ0) is 18.8. The standard InChI is InChI=1S/C9H13NO6.C5H9NO2/c1-2-3-8(13)10(6-11)16-9(14)4-5-15-7-12;1-6-5(8)3-2-4-7/h6-7H,2-5H2,1H3;4H,2-3H2,1H3,(H,6,8). The average molecular weight is 346 g/mol. The SMILES string of the molecule is CCCC(=O)N(C=O)OC(=O)CCOC=O.CNC(=O)CCC=O. The lowest BCUT2D eigenvalue weighted by molar-refractivity contribution is -0.197. The van der Waals surface area contributed by atoms with Crippen LogP contribution in [0.3, 0.4) is 0 Å². The highest BCUT2D eigenvalue weighted by Crippen LogP contribution is 1.98. The van der Waals surface area contributed by atoms with Gasteiger partial charge in [-0.15, -0.1) is 5.06 Å². The molecular weight excluding hydrogens is 324 g/mol. The fraction of sp³-hybridized carbons (Fsp3) is 0.571. The summed E-state index contributed by atoms with van der Waals surface area (Å²) in [7, 11) is 1.55. The van der Waals surface area contributed by atoms with Crippen LogP contribution in [0.2, 0.25) is 0 Å². The zero-order valence-electron chi connectivity index (χ0n) is 13.7. The van der Waals surface area contributed by atoms with Crippen molar-refractivity contribution >= 4 is 37.0 Å². The number of ether oxygens (including phenoxy) is 1. The molecule has 0 fully saturated rings. The highest BCUT2D eigenvalue weighted by atomic mass is 16.7. The highest BCUT2D eigenvalue weighted by Gasteiger charge is 2.16. The quantitative estimate of drug-likeness (QED) is 0.318. The second-order valence-corrected chi connectivity index (χ2v) is 4.13. The molecule has 0 aromatic carbocycles. The van der Waals surface area contributed by atoms with Crippen LogP contribution in [0.15, 0.2) is 0 Å². The highest BCUT2D eigenvalue weighted by molar-refractivity contribution is 5.86. The number of nitrogens with zero attached hydrogens (tertiary/aromatic N) is 1. The van der Waals surface area contributed by atoms with Gasteiger partial charge in [0.1, 0.15) is 12.9 Å². The van der Waals surface area contributed by atoms with E-state index in [4.69, 9.17) is 0 Å². The minimum Gasteiger partial charge on any atom is -0.467 e. The van der Waals surface area contributed by atoms with Gasteiger partial charge in [0.2, 0.25) is 5.91 Å². The number of nitrogens with one attached hydrogen (secondary N) is 1. The second-order valence-electron chi connectivity index (χ2n) is 4.13. The van der Waals surface area contributed by atoms with E-state index in [-0.39, 0.29) is 38.2 Å². The fourth-order valence-corrected chi connectivity index (χ4v) is 1.12. The summed E-state index contributed by atoms with van der Waals surface area (Å²) in [5.41, 5.74) is 0. The predicted octanol–water partition coefficient (Wildman–Crippen LogP) is -0.496. The molecule has 0 aliphatic rings. The summed E-state index contributed by atoms with van der Waals surface area (Å²) in [5, 5.41) is 2.74. The van der Waals surface area contributed by atoms with Crippen molar-refractivity contribution in [3.05, 3.63) is 0 Å². The van der Waals surface area contributed by atoms with Crippen LogP contribution in [0, 0.1) is 0 Å². The third-order valence-corrected chi connectivity index (χ3v) is 2.27. The molecule has 0 aromatic heterocycles. The Labute approximate surface area is 139 Å². The van der Waals surface area contributed by atoms with Gasteiger partial charge in [0, 0.05) is 26.3 Å². The largest absolute Gasteiger partial charge is 0.467 e. The predicted molar refractivity (Wildman–Crippen MR) is 79.9 cm³/mol. The number of carbonyl (C=O) groups excluding carboxylic acids is 6. The van der Waals surface area contributed by atoms with Crippen LogP contribution < -0.4 is 5.32 Å². The number of amides is 3. The molecule has 0 saturated heterocycles. The summed E-state index contributed by atoms with van der Waals surface area (Å²) in [6.45, 7) is 1.78. The van der Waals surface area contributed by atoms with Crippen LogP contribution in [0.1, 0.15) is 39.0 Å². The fourth-order valence-electron chi connectivity index (χ4n) is 1.12. The van der Waals surface area contributed by atoms with Gasteiger partial charge in [0.25, 0.3) is 18.8 Å². The van der Waals surface area contributed by atoms with E-state index >= 15 is 0 Å². The molecule has 0 bridgehead atoms. The van der Waals surface area contributed by atoms with Crippen molar-refractivity contribution in [1.82, 2.24) is 10.4 Å². The lowest BCUT2D eigenvalue weighted by Crippen LogP contribution is -2.32. The first kappa shape index (κ1) is 23.5. The van der Waals surface area contributed by atoms with Gasteiger partial charge in [-0.2, -0.15) is 0 Å². The van der Waals surface area contributed by atoms with Crippen molar-refractivity contribution in [3.63, 3.8) is 0 Å². The van der Waals surface area contributed by atoms with Crippen LogP contribution in [0.5, 0.6) is 0 Å². The molecule has 0 atom stereocenters. The van der Waals surface area contributed by atoms with E-state index in [0.29, 0.717) is 24.3 Å².